The summed E-state index contributed by atoms with van der Waals surface area (Å²) in [7, 11) is 0. The van der Waals surface area contributed by atoms with Gasteiger partial charge in [0, 0.05) is 23.2 Å². The highest BCUT2D eigenvalue weighted by Gasteiger charge is 2.28. The van der Waals surface area contributed by atoms with Crippen molar-refractivity contribution < 1.29 is 0 Å². The molecule has 0 spiro atoms. The number of nitrogens with zero attached hydrogens (tertiary/aromatic N) is 1. The zero-order valence-corrected chi connectivity index (χ0v) is 12.9. The summed E-state index contributed by atoms with van der Waals surface area (Å²) < 4.78 is 1.96. The van der Waals surface area contributed by atoms with Gasteiger partial charge < -0.3 is 10.3 Å². The van der Waals surface area contributed by atoms with Gasteiger partial charge in [-0.15, -0.1) is 0 Å². The third-order valence-corrected chi connectivity index (χ3v) is 4.22. The Morgan fingerprint density at radius 3 is 2.52 bits per heavy atom. The van der Waals surface area contributed by atoms with Crippen molar-refractivity contribution in [1.82, 2.24) is 4.57 Å². The van der Waals surface area contributed by atoms with Crippen LogP contribution in [-0.4, -0.2) is 4.57 Å². The summed E-state index contributed by atoms with van der Waals surface area (Å²) in [5.41, 5.74) is 11.3. The van der Waals surface area contributed by atoms with Gasteiger partial charge in [0.15, 0.2) is 0 Å². The zero-order valence-electron chi connectivity index (χ0n) is 12.9. The lowest BCUT2D eigenvalue weighted by Crippen LogP contribution is -2.27. The molecule has 3 nitrogen and oxygen atoms in total. The number of aryl methyl sites for hydroxylation is 2. The van der Waals surface area contributed by atoms with E-state index in [1.165, 1.54) is 11.1 Å². The molecule has 1 aromatic carbocycles. The SMILES string of the molecule is Cc1ccc(C)c(-c2ccc(C(C)N)c(=O)n2C2CC2)c1. The van der Waals surface area contributed by atoms with E-state index in [2.05, 4.69) is 38.1 Å². The third kappa shape index (κ3) is 2.54. The Labute approximate surface area is 125 Å². The standard InChI is InChI=1S/C18H22N2O/c1-11-4-5-12(2)16(10-11)17-9-8-15(13(3)19)18(21)20(17)14-6-7-14/h4-5,8-10,13-14H,6-7,19H2,1-3H3. The van der Waals surface area contributed by atoms with E-state index in [1.807, 2.05) is 17.6 Å². The van der Waals surface area contributed by atoms with E-state index in [4.69, 9.17) is 5.73 Å². The average Bonchev–Trinajstić information content (AvgIpc) is 3.25. The molecule has 3 rings (SSSR count). The summed E-state index contributed by atoms with van der Waals surface area (Å²) in [6, 6.07) is 10.4. The van der Waals surface area contributed by atoms with Crippen molar-refractivity contribution in [2.75, 3.05) is 0 Å². The van der Waals surface area contributed by atoms with Gasteiger partial charge in [0.1, 0.15) is 0 Å². The molecule has 1 aliphatic rings. The predicted octanol–water partition coefficient (Wildman–Crippen LogP) is 3.49. The van der Waals surface area contributed by atoms with Gasteiger partial charge in [0.05, 0.1) is 5.69 Å². The Morgan fingerprint density at radius 2 is 1.90 bits per heavy atom. The van der Waals surface area contributed by atoms with E-state index < -0.39 is 0 Å². The molecule has 2 N–H and O–H groups in total. The number of rotatable bonds is 3. The van der Waals surface area contributed by atoms with Gasteiger partial charge in [-0.3, -0.25) is 4.79 Å². The van der Waals surface area contributed by atoms with Gasteiger partial charge >= 0.3 is 0 Å². The van der Waals surface area contributed by atoms with Crippen molar-refractivity contribution >= 4 is 0 Å². The van der Waals surface area contributed by atoms with Crippen LogP contribution in [-0.2, 0) is 0 Å². The molecule has 2 aromatic rings. The van der Waals surface area contributed by atoms with Crippen molar-refractivity contribution in [2.24, 2.45) is 5.73 Å². The molecule has 0 radical (unpaired) electrons. The number of nitrogens with two attached hydrogens (primary N) is 1. The van der Waals surface area contributed by atoms with Crippen LogP contribution in [0.1, 0.15) is 48.5 Å². The zero-order chi connectivity index (χ0) is 15.1. The highest BCUT2D eigenvalue weighted by Crippen LogP contribution is 2.38. The van der Waals surface area contributed by atoms with Crippen LogP contribution in [0.2, 0.25) is 0 Å². The number of aromatic nitrogens is 1. The molecule has 1 aromatic heterocycles. The number of hydrogen-bond donors (Lipinski definition) is 1. The van der Waals surface area contributed by atoms with E-state index in [1.54, 1.807) is 0 Å². The largest absolute Gasteiger partial charge is 0.324 e. The van der Waals surface area contributed by atoms with Crippen LogP contribution >= 0.6 is 0 Å². The fourth-order valence-electron chi connectivity index (χ4n) is 2.84. The quantitative estimate of drug-likeness (QED) is 0.936. The third-order valence-electron chi connectivity index (χ3n) is 4.22. The summed E-state index contributed by atoms with van der Waals surface area (Å²) >= 11 is 0. The van der Waals surface area contributed by atoms with Crippen molar-refractivity contribution in [3.8, 4) is 11.3 Å². The van der Waals surface area contributed by atoms with Crippen molar-refractivity contribution in [3.63, 3.8) is 0 Å². The molecule has 1 heterocycles. The monoisotopic (exact) mass is 282 g/mol. The maximum atomic E-state index is 12.8. The molecule has 0 bridgehead atoms. The van der Waals surface area contributed by atoms with Gasteiger partial charge in [-0.05, 0) is 57.4 Å². The van der Waals surface area contributed by atoms with E-state index in [9.17, 15) is 4.79 Å². The second-order valence-electron chi connectivity index (χ2n) is 6.19. The summed E-state index contributed by atoms with van der Waals surface area (Å²) in [5.74, 6) is 0. The fourth-order valence-corrected chi connectivity index (χ4v) is 2.84. The lowest BCUT2D eigenvalue weighted by atomic mass is 10.0. The second-order valence-corrected chi connectivity index (χ2v) is 6.19. The molecule has 1 fully saturated rings. The summed E-state index contributed by atoms with van der Waals surface area (Å²) in [5, 5.41) is 0. The maximum absolute atomic E-state index is 12.8. The molecule has 21 heavy (non-hydrogen) atoms. The summed E-state index contributed by atoms with van der Waals surface area (Å²) in [4.78, 5) is 12.8. The van der Waals surface area contributed by atoms with Crippen LogP contribution in [0.15, 0.2) is 35.1 Å². The number of benzene rings is 1. The van der Waals surface area contributed by atoms with Crippen LogP contribution in [0.3, 0.4) is 0 Å². The van der Waals surface area contributed by atoms with Gasteiger partial charge in [0.2, 0.25) is 0 Å². The second kappa shape index (κ2) is 5.15. The smallest absolute Gasteiger partial charge is 0.256 e. The molecular formula is C18H22N2O. The predicted molar refractivity (Wildman–Crippen MR) is 86.5 cm³/mol. The van der Waals surface area contributed by atoms with Crippen molar-refractivity contribution in [2.45, 2.75) is 45.7 Å². The lowest BCUT2D eigenvalue weighted by molar-refractivity contribution is 0.684. The Hall–Kier alpha value is -1.87. The highest BCUT2D eigenvalue weighted by molar-refractivity contribution is 5.65. The van der Waals surface area contributed by atoms with E-state index in [0.717, 1.165) is 24.1 Å². The van der Waals surface area contributed by atoms with Crippen LogP contribution in [0.25, 0.3) is 11.3 Å². The fraction of sp³-hybridized carbons (Fsp3) is 0.389. The highest BCUT2D eigenvalue weighted by atomic mass is 16.1. The molecule has 1 aliphatic carbocycles. The van der Waals surface area contributed by atoms with Gasteiger partial charge in [-0.2, -0.15) is 0 Å². The Morgan fingerprint density at radius 1 is 1.19 bits per heavy atom. The molecule has 1 saturated carbocycles. The first-order valence-electron chi connectivity index (χ1n) is 7.57. The topological polar surface area (TPSA) is 48.0 Å². The van der Waals surface area contributed by atoms with E-state index >= 15 is 0 Å². The molecule has 0 saturated heterocycles. The van der Waals surface area contributed by atoms with E-state index in [-0.39, 0.29) is 11.6 Å². The molecule has 1 unspecified atom stereocenters. The minimum absolute atomic E-state index is 0.0749. The first-order valence-corrected chi connectivity index (χ1v) is 7.57. The summed E-state index contributed by atoms with van der Waals surface area (Å²) in [6.07, 6.45) is 2.17. The normalized spacial score (nSPS) is 16.0. The minimum Gasteiger partial charge on any atom is -0.324 e. The molecule has 0 aliphatic heterocycles. The minimum atomic E-state index is -0.227. The van der Waals surface area contributed by atoms with Crippen LogP contribution < -0.4 is 11.3 Å². The first kappa shape index (κ1) is 14.1. The maximum Gasteiger partial charge on any atom is 0.256 e. The van der Waals surface area contributed by atoms with Crippen molar-refractivity contribution in [1.29, 1.82) is 0 Å². The molecule has 3 heteroatoms. The summed E-state index contributed by atoms with van der Waals surface area (Å²) in [6.45, 7) is 6.04. The van der Waals surface area contributed by atoms with Gasteiger partial charge in [-0.1, -0.05) is 17.7 Å². The number of hydrogen-bond acceptors (Lipinski definition) is 2. The van der Waals surface area contributed by atoms with Crippen LogP contribution in [0.4, 0.5) is 0 Å². The lowest BCUT2D eigenvalue weighted by Gasteiger charge is -2.17. The average molecular weight is 282 g/mol. The molecule has 110 valence electrons. The molecular weight excluding hydrogens is 260 g/mol. The molecule has 1 atom stereocenters. The Balaban J connectivity index is 2.26. The number of pyridine rings is 1. The van der Waals surface area contributed by atoms with Crippen LogP contribution in [0, 0.1) is 13.8 Å². The molecule has 0 amide bonds. The van der Waals surface area contributed by atoms with Crippen molar-refractivity contribution in [3.05, 3.63) is 57.4 Å². The van der Waals surface area contributed by atoms with Gasteiger partial charge in [0.25, 0.3) is 5.56 Å². The first-order chi connectivity index (χ1) is 9.99. The Bertz CT molecular complexity index is 739. The van der Waals surface area contributed by atoms with Crippen LogP contribution in [0.5, 0.6) is 0 Å². The Kier molecular flexibility index (Phi) is 3.46. The van der Waals surface area contributed by atoms with Gasteiger partial charge in [-0.25, -0.2) is 0 Å². The van der Waals surface area contributed by atoms with E-state index in [0.29, 0.717) is 11.6 Å².